The number of allylic oxidation sites excluding steroid dienone is 2. The first-order valence-corrected chi connectivity index (χ1v) is 9.83. The van der Waals surface area contributed by atoms with Gasteiger partial charge in [0.15, 0.2) is 11.7 Å². The van der Waals surface area contributed by atoms with Crippen molar-refractivity contribution in [1.29, 1.82) is 0 Å². The van der Waals surface area contributed by atoms with E-state index in [4.69, 9.17) is 14.2 Å². The van der Waals surface area contributed by atoms with E-state index in [9.17, 15) is 14.4 Å². The molecule has 0 amide bonds. The number of amidine groups is 2. The van der Waals surface area contributed by atoms with Gasteiger partial charge in [-0.25, -0.2) is 24.4 Å². The van der Waals surface area contributed by atoms with E-state index in [0.29, 0.717) is 11.5 Å². The molecule has 0 N–H and O–H groups in total. The number of esters is 3. The van der Waals surface area contributed by atoms with Crippen molar-refractivity contribution in [3.63, 3.8) is 0 Å². The molecule has 0 saturated carbocycles. The molecule has 3 heterocycles. The number of anilines is 1. The lowest BCUT2D eigenvalue weighted by atomic mass is 9.94. The SMILES string of the molecule is COC(=O)C1=C2N=C3C=CC=CN3N=C2N(c2ccc(C)cc2)C(C(=O)OC)=C1C(=O)OC. The fourth-order valence-electron chi connectivity index (χ4n) is 3.52. The van der Waals surface area contributed by atoms with Crippen LogP contribution in [-0.2, 0) is 28.6 Å². The Bertz CT molecular complexity index is 1230. The molecule has 3 aliphatic heterocycles. The monoisotopic (exact) mass is 448 g/mol. The van der Waals surface area contributed by atoms with Crippen LogP contribution in [0, 0.1) is 6.92 Å². The van der Waals surface area contributed by atoms with E-state index in [1.165, 1.54) is 17.0 Å². The Labute approximate surface area is 189 Å². The fraction of sp³-hybridized carbons (Fsp3) is 0.174. The number of carbonyl (C=O) groups excluding carboxylic acids is 3. The summed E-state index contributed by atoms with van der Waals surface area (Å²) in [5.41, 5.74) is 0.708. The largest absolute Gasteiger partial charge is 0.465 e. The number of benzene rings is 1. The van der Waals surface area contributed by atoms with Crippen LogP contribution in [0.15, 0.2) is 81.3 Å². The number of aryl methyl sites for hydroxylation is 1. The molecule has 10 nitrogen and oxygen atoms in total. The molecule has 4 rings (SSSR count). The summed E-state index contributed by atoms with van der Waals surface area (Å²) in [7, 11) is 3.48. The fourth-order valence-corrected chi connectivity index (χ4v) is 3.52. The molecule has 0 radical (unpaired) electrons. The van der Waals surface area contributed by atoms with Crippen LogP contribution in [0.25, 0.3) is 0 Å². The summed E-state index contributed by atoms with van der Waals surface area (Å²) in [6.07, 6.45) is 6.88. The highest BCUT2D eigenvalue weighted by atomic mass is 16.5. The van der Waals surface area contributed by atoms with Crippen molar-refractivity contribution < 1.29 is 28.6 Å². The molecule has 0 spiro atoms. The molecule has 0 aromatic heterocycles. The van der Waals surface area contributed by atoms with Crippen molar-refractivity contribution >= 4 is 35.3 Å². The molecule has 10 heteroatoms. The minimum Gasteiger partial charge on any atom is -0.465 e. The third-order valence-electron chi connectivity index (χ3n) is 5.07. The maximum Gasteiger partial charge on any atom is 0.356 e. The zero-order valence-electron chi connectivity index (χ0n) is 18.4. The molecule has 33 heavy (non-hydrogen) atoms. The molecule has 1 aromatic carbocycles. The summed E-state index contributed by atoms with van der Waals surface area (Å²) >= 11 is 0. The highest BCUT2D eigenvalue weighted by Crippen LogP contribution is 2.38. The van der Waals surface area contributed by atoms with Gasteiger partial charge in [-0.1, -0.05) is 23.8 Å². The van der Waals surface area contributed by atoms with Gasteiger partial charge in [0, 0.05) is 11.9 Å². The average molecular weight is 448 g/mol. The number of fused-ring (bicyclic) bond motifs is 2. The first kappa shape index (κ1) is 21.8. The van der Waals surface area contributed by atoms with Crippen LogP contribution in [-0.4, -0.2) is 55.9 Å². The predicted octanol–water partition coefficient (Wildman–Crippen LogP) is 1.95. The Morgan fingerprint density at radius 3 is 2.12 bits per heavy atom. The number of carbonyl (C=O) groups is 3. The van der Waals surface area contributed by atoms with E-state index in [0.717, 1.165) is 19.8 Å². The second-order valence-electron chi connectivity index (χ2n) is 7.03. The van der Waals surface area contributed by atoms with E-state index in [-0.39, 0.29) is 28.4 Å². The summed E-state index contributed by atoms with van der Waals surface area (Å²) in [5, 5.41) is 6.10. The molecule has 0 unspecified atom stereocenters. The van der Waals surface area contributed by atoms with Crippen LogP contribution in [0.3, 0.4) is 0 Å². The van der Waals surface area contributed by atoms with Gasteiger partial charge in [0.25, 0.3) is 0 Å². The van der Waals surface area contributed by atoms with Gasteiger partial charge < -0.3 is 14.2 Å². The molecule has 0 saturated heterocycles. The summed E-state index contributed by atoms with van der Waals surface area (Å²) in [4.78, 5) is 44.9. The highest BCUT2D eigenvalue weighted by Gasteiger charge is 2.45. The van der Waals surface area contributed by atoms with Crippen molar-refractivity contribution in [3.8, 4) is 0 Å². The number of ether oxygens (including phenoxy) is 3. The van der Waals surface area contributed by atoms with Gasteiger partial charge in [0.2, 0.25) is 0 Å². The van der Waals surface area contributed by atoms with Gasteiger partial charge in [-0.3, -0.25) is 4.90 Å². The minimum atomic E-state index is -0.929. The van der Waals surface area contributed by atoms with E-state index >= 15 is 0 Å². The Morgan fingerprint density at radius 1 is 0.848 bits per heavy atom. The second kappa shape index (κ2) is 8.58. The molecule has 1 aromatic rings. The number of aliphatic imine (C=N–C) groups is 1. The zero-order chi connectivity index (χ0) is 23.7. The van der Waals surface area contributed by atoms with E-state index < -0.39 is 17.9 Å². The van der Waals surface area contributed by atoms with Crippen LogP contribution in [0.5, 0.6) is 0 Å². The highest BCUT2D eigenvalue weighted by molar-refractivity contribution is 6.28. The van der Waals surface area contributed by atoms with Gasteiger partial charge in [-0.2, -0.15) is 0 Å². The van der Waals surface area contributed by atoms with Crippen LogP contribution in [0.1, 0.15) is 5.56 Å². The van der Waals surface area contributed by atoms with Crippen molar-refractivity contribution in [3.05, 3.63) is 76.8 Å². The molecule has 0 fully saturated rings. The summed E-state index contributed by atoms with van der Waals surface area (Å²) in [6.45, 7) is 1.91. The first-order valence-electron chi connectivity index (χ1n) is 9.83. The van der Waals surface area contributed by atoms with Gasteiger partial charge in [0.05, 0.1) is 21.3 Å². The van der Waals surface area contributed by atoms with Crippen LogP contribution in [0.4, 0.5) is 5.69 Å². The summed E-state index contributed by atoms with van der Waals surface area (Å²) in [6, 6.07) is 7.18. The molecule has 0 bridgehead atoms. The number of hydrogen-bond donors (Lipinski definition) is 0. The topological polar surface area (TPSA) is 110 Å². The van der Waals surface area contributed by atoms with E-state index in [1.807, 2.05) is 19.1 Å². The van der Waals surface area contributed by atoms with Crippen LogP contribution >= 0.6 is 0 Å². The van der Waals surface area contributed by atoms with Gasteiger partial charge in [0.1, 0.15) is 22.5 Å². The Morgan fingerprint density at radius 2 is 1.48 bits per heavy atom. The molecule has 3 aliphatic rings. The summed E-state index contributed by atoms with van der Waals surface area (Å²) < 4.78 is 14.9. The molecular formula is C23H20N4O6. The lowest BCUT2D eigenvalue weighted by molar-refractivity contribution is -0.140. The maximum absolute atomic E-state index is 13.0. The molecule has 0 atom stereocenters. The zero-order valence-corrected chi connectivity index (χ0v) is 18.4. The van der Waals surface area contributed by atoms with Gasteiger partial charge >= 0.3 is 17.9 Å². The Hall–Kier alpha value is -4.47. The molecule has 0 aliphatic carbocycles. The normalized spacial score (nSPS) is 16.6. The van der Waals surface area contributed by atoms with Crippen molar-refractivity contribution in [2.75, 3.05) is 26.2 Å². The lowest BCUT2D eigenvalue weighted by Crippen LogP contribution is -2.45. The Kier molecular flexibility index (Phi) is 5.65. The number of nitrogens with zero attached hydrogens (tertiary/aromatic N) is 4. The van der Waals surface area contributed by atoms with Crippen molar-refractivity contribution in [2.24, 2.45) is 10.1 Å². The van der Waals surface area contributed by atoms with Crippen molar-refractivity contribution in [1.82, 2.24) is 5.01 Å². The van der Waals surface area contributed by atoms with Crippen molar-refractivity contribution in [2.45, 2.75) is 6.92 Å². The standard InChI is InChI=1S/C23H20N4O6/c1-13-8-10-14(11-9-13)27-19(23(30)33-4)17(22(29)32-3)16(21(28)31-2)18-20(27)25-26-12-6-5-7-15(26)24-18/h5-12H,1-4H3. The van der Waals surface area contributed by atoms with Gasteiger partial charge in [-0.05, 0) is 31.2 Å². The number of rotatable bonds is 4. The summed E-state index contributed by atoms with van der Waals surface area (Å²) in [5.74, 6) is -2.14. The van der Waals surface area contributed by atoms with Crippen LogP contribution in [0.2, 0.25) is 0 Å². The van der Waals surface area contributed by atoms with Gasteiger partial charge in [-0.15, -0.1) is 5.10 Å². The van der Waals surface area contributed by atoms with E-state index in [2.05, 4.69) is 10.1 Å². The molecular weight excluding hydrogens is 428 g/mol. The minimum absolute atomic E-state index is 0.0571. The Balaban J connectivity index is 2.12. The average Bonchev–Trinajstić information content (AvgIpc) is 2.85. The number of methoxy groups -OCH3 is 3. The molecule has 168 valence electrons. The third-order valence-corrected chi connectivity index (χ3v) is 5.07. The predicted molar refractivity (Wildman–Crippen MR) is 119 cm³/mol. The lowest BCUT2D eigenvalue weighted by Gasteiger charge is -2.36. The number of hydrazone groups is 1. The quantitative estimate of drug-likeness (QED) is 0.508. The third kappa shape index (κ3) is 3.61. The number of hydrogen-bond acceptors (Lipinski definition) is 10. The first-order chi connectivity index (χ1) is 15.9. The smallest absolute Gasteiger partial charge is 0.356 e. The second-order valence-corrected chi connectivity index (χ2v) is 7.03. The maximum atomic E-state index is 13.0. The van der Waals surface area contributed by atoms with E-state index in [1.54, 1.807) is 36.6 Å². The van der Waals surface area contributed by atoms with Crippen LogP contribution < -0.4 is 4.90 Å².